The maximum Gasteiger partial charge on any atom is 0.332 e. The lowest BCUT2D eigenvalue weighted by Gasteiger charge is -2.37. The molecule has 1 aliphatic rings. The highest BCUT2D eigenvalue weighted by Crippen LogP contribution is 2.23. The van der Waals surface area contributed by atoms with Crippen molar-refractivity contribution in [3.8, 4) is 0 Å². The molecule has 1 rings (SSSR count). The van der Waals surface area contributed by atoms with Crippen LogP contribution in [0.4, 0.5) is 0 Å². The highest BCUT2D eigenvalue weighted by Gasteiger charge is 2.43. The van der Waals surface area contributed by atoms with Gasteiger partial charge in [0.05, 0.1) is 12.1 Å². The number of hydrogen-bond donors (Lipinski definition) is 9. The van der Waals surface area contributed by atoms with E-state index in [-0.39, 0.29) is 25.3 Å². The quantitative estimate of drug-likeness (QED) is 0.0704. The smallest absolute Gasteiger partial charge is 0.332 e. The lowest BCUT2D eigenvalue weighted by atomic mass is 9.94. The molecule has 1 saturated heterocycles. The van der Waals surface area contributed by atoms with E-state index in [1.54, 1.807) is 0 Å². The molecule has 1 heterocycles. The number of amides is 2. The summed E-state index contributed by atoms with van der Waals surface area (Å²) in [5, 5.41) is 44.4. The molecule has 14 heteroatoms. The molecule has 0 bridgehead atoms. The van der Waals surface area contributed by atoms with Gasteiger partial charge in [0.2, 0.25) is 11.8 Å². The molecule has 14 nitrogen and oxygen atoms in total. The zero-order valence-electron chi connectivity index (χ0n) is 18.6. The third kappa shape index (κ3) is 9.47. The first-order valence-corrected chi connectivity index (χ1v) is 10.8. The summed E-state index contributed by atoms with van der Waals surface area (Å²) in [4.78, 5) is 39.9. The van der Waals surface area contributed by atoms with Crippen LogP contribution in [-0.2, 0) is 19.1 Å². The van der Waals surface area contributed by atoms with Crippen molar-refractivity contribution >= 4 is 23.7 Å². The first kappa shape index (κ1) is 28.5. The van der Waals surface area contributed by atoms with Crippen molar-refractivity contribution in [3.05, 3.63) is 0 Å². The van der Waals surface area contributed by atoms with Crippen LogP contribution in [0.2, 0.25) is 0 Å². The molecule has 0 aromatic rings. The summed E-state index contributed by atoms with van der Waals surface area (Å²) in [7, 11) is 0. The second-order valence-electron chi connectivity index (χ2n) is 7.94. The number of carboxylic acid groups (broad SMARTS) is 1. The Balaban J connectivity index is 2.76. The maximum absolute atomic E-state index is 12.7. The third-order valence-electron chi connectivity index (χ3n) is 5.16. The molecule has 0 spiro atoms. The van der Waals surface area contributed by atoms with E-state index in [1.807, 2.05) is 6.92 Å². The summed E-state index contributed by atoms with van der Waals surface area (Å²) in [6.45, 7) is 1.66. The standard InChI is InChI=1S/C19H36N6O8/c1-2-4-9(20)16(29)25-10(5-3-6-23-19(21)22)17(30)24-8-12(27)15-14(28)11(26)7-13(33-15)18(31)32/h9-15,26-28H,2-8,20H2,1H3,(H,24,30)(H,25,29)(H,31,32)(H4,21,22,23)/t9-,10-,11+,12-,13-,14+,15+/m0/s1. The van der Waals surface area contributed by atoms with Crippen molar-refractivity contribution in [2.75, 3.05) is 13.1 Å². The maximum atomic E-state index is 12.7. The molecule has 0 saturated carbocycles. The molecule has 33 heavy (non-hydrogen) atoms. The van der Waals surface area contributed by atoms with Crippen LogP contribution in [0.5, 0.6) is 0 Å². The van der Waals surface area contributed by atoms with Crippen LogP contribution in [0.1, 0.15) is 39.0 Å². The number of ether oxygens (including phenoxy) is 1. The van der Waals surface area contributed by atoms with Crippen LogP contribution < -0.4 is 27.8 Å². The summed E-state index contributed by atoms with van der Waals surface area (Å²) in [6.07, 6.45) is -6.05. The van der Waals surface area contributed by atoms with Crippen molar-refractivity contribution < 1.29 is 39.5 Å². The molecule has 1 fully saturated rings. The van der Waals surface area contributed by atoms with Gasteiger partial charge in [0, 0.05) is 19.5 Å². The summed E-state index contributed by atoms with van der Waals surface area (Å²) >= 11 is 0. The van der Waals surface area contributed by atoms with Gasteiger partial charge in [0.15, 0.2) is 12.1 Å². The number of rotatable bonds is 13. The number of aliphatic imine (C=N–C) groups is 1. The number of carboxylic acids is 1. The fourth-order valence-electron chi connectivity index (χ4n) is 3.32. The molecule has 12 N–H and O–H groups in total. The summed E-state index contributed by atoms with van der Waals surface area (Å²) in [6, 6.07) is -1.80. The molecule has 0 aliphatic carbocycles. The van der Waals surface area contributed by atoms with Gasteiger partial charge in [-0.1, -0.05) is 13.3 Å². The SMILES string of the molecule is CCC[C@H](N)C(=O)N[C@@H](CCCN=C(N)N)C(=O)NC[C@H](O)[C@H]1O[C@H](C(=O)O)C[C@@H](O)[C@H]1O. The second kappa shape index (κ2) is 13.9. The number of hydrogen-bond acceptors (Lipinski definition) is 9. The Bertz CT molecular complexity index is 689. The number of nitrogens with two attached hydrogens (primary N) is 3. The van der Waals surface area contributed by atoms with Crippen molar-refractivity contribution in [2.24, 2.45) is 22.2 Å². The Morgan fingerprint density at radius 1 is 1.18 bits per heavy atom. The predicted octanol–water partition coefficient (Wildman–Crippen LogP) is -3.91. The molecule has 190 valence electrons. The van der Waals surface area contributed by atoms with Crippen molar-refractivity contribution in [1.29, 1.82) is 0 Å². The number of carbonyl (C=O) groups is 3. The fourth-order valence-corrected chi connectivity index (χ4v) is 3.32. The van der Waals surface area contributed by atoms with Gasteiger partial charge in [-0.3, -0.25) is 14.6 Å². The third-order valence-corrected chi connectivity index (χ3v) is 5.16. The molecule has 2 amide bonds. The average Bonchev–Trinajstić information content (AvgIpc) is 2.75. The molecule has 7 atom stereocenters. The summed E-state index contributed by atoms with van der Waals surface area (Å²) in [5.41, 5.74) is 16.3. The minimum absolute atomic E-state index is 0.110. The highest BCUT2D eigenvalue weighted by molar-refractivity contribution is 5.89. The van der Waals surface area contributed by atoms with Gasteiger partial charge in [0.1, 0.15) is 24.4 Å². The first-order chi connectivity index (χ1) is 15.5. The summed E-state index contributed by atoms with van der Waals surface area (Å²) < 4.78 is 5.17. The molecular formula is C19H36N6O8. The Kier molecular flexibility index (Phi) is 12.0. The zero-order chi connectivity index (χ0) is 25.1. The first-order valence-electron chi connectivity index (χ1n) is 10.8. The summed E-state index contributed by atoms with van der Waals surface area (Å²) in [5.74, 6) is -2.62. The molecule has 0 aromatic carbocycles. The normalized spacial score (nSPS) is 25.4. The predicted molar refractivity (Wildman–Crippen MR) is 117 cm³/mol. The van der Waals surface area contributed by atoms with Gasteiger partial charge < -0.3 is 53.0 Å². The second-order valence-corrected chi connectivity index (χ2v) is 7.94. The lowest BCUT2D eigenvalue weighted by molar-refractivity contribution is -0.208. The van der Waals surface area contributed by atoms with Crippen LogP contribution in [0, 0.1) is 0 Å². The van der Waals surface area contributed by atoms with Crippen LogP contribution in [0.25, 0.3) is 0 Å². The van der Waals surface area contributed by atoms with Crippen molar-refractivity contribution in [3.63, 3.8) is 0 Å². The number of nitrogens with zero attached hydrogens (tertiary/aromatic N) is 1. The monoisotopic (exact) mass is 476 g/mol. The average molecular weight is 477 g/mol. The Hall–Kier alpha value is -2.52. The van der Waals surface area contributed by atoms with E-state index in [0.29, 0.717) is 19.3 Å². The van der Waals surface area contributed by atoms with Gasteiger partial charge in [-0.05, 0) is 19.3 Å². The van der Waals surface area contributed by atoms with E-state index in [1.165, 1.54) is 0 Å². The number of aliphatic hydroxyl groups excluding tert-OH is 3. The minimum atomic E-state index is -1.55. The molecule has 1 aliphatic heterocycles. The van der Waals surface area contributed by atoms with Crippen molar-refractivity contribution in [1.82, 2.24) is 10.6 Å². The topological polar surface area (TPSA) is 256 Å². The number of carbonyl (C=O) groups excluding carboxylic acids is 2. The van der Waals surface area contributed by atoms with E-state index in [0.717, 1.165) is 0 Å². The molecule has 0 aromatic heterocycles. The zero-order valence-corrected chi connectivity index (χ0v) is 18.6. The fraction of sp³-hybridized carbons (Fsp3) is 0.789. The van der Waals surface area contributed by atoms with E-state index in [4.69, 9.17) is 27.0 Å². The van der Waals surface area contributed by atoms with Crippen LogP contribution in [0.15, 0.2) is 4.99 Å². The number of nitrogens with one attached hydrogen (secondary N) is 2. The minimum Gasteiger partial charge on any atom is -0.479 e. The molecular weight excluding hydrogens is 440 g/mol. The van der Waals surface area contributed by atoms with Gasteiger partial charge in [-0.2, -0.15) is 0 Å². The van der Waals surface area contributed by atoms with E-state index in [9.17, 15) is 29.7 Å². The number of guanidine groups is 1. The molecule has 0 unspecified atom stereocenters. The molecule has 0 radical (unpaired) electrons. The van der Waals surface area contributed by atoms with E-state index in [2.05, 4.69) is 15.6 Å². The van der Waals surface area contributed by atoms with E-state index >= 15 is 0 Å². The van der Waals surface area contributed by atoms with Crippen LogP contribution >= 0.6 is 0 Å². The van der Waals surface area contributed by atoms with E-state index < -0.39 is 66.9 Å². The van der Waals surface area contributed by atoms with Crippen LogP contribution in [0.3, 0.4) is 0 Å². The van der Waals surface area contributed by atoms with Crippen molar-refractivity contribution in [2.45, 2.75) is 81.6 Å². The number of aliphatic hydroxyl groups is 3. The van der Waals surface area contributed by atoms with Crippen LogP contribution in [-0.4, -0.2) is 99.9 Å². The Morgan fingerprint density at radius 2 is 1.85 bits per heavy atom. The highest BCUT2D eigenvalue weighted by atomic mass is 16.5. The van der Waals surface area contributed by atoms with Gasteiger partial charge in [-0.15, -0.1) is 0 Å². The van der Waals surface area contributed by atoms with Gasteiger partial charge in [-0.25, -0.2) is 4.79 Å². The lowest BCUT2D eigenvalue weighted by Crippen LogP contribution is -2.58. The van der Waals surface area contributed by atoms with Gasteiger partial charge >= 0.3 is 5.97 Å². The van der Waals surface area contributed by atoms with Gasteiger partial charge in [0.25, 0.3) is 0 Å². The number of aliphatic carboxylic acids is 1. The largest absolute Gasteiger partial charge is 0.479 e. The Labute approximate surface area is 191 Å². The Morgan fingerprint density at radius 3 is 2.42 bits per heavy atom.